The molecule has 0 spiro atoms. The van der Waals surface area contributed by atoms with Crippen molar-refractivity contribution in [3.8, 4) is 6.01 Å². The molecular weight excluding hydrogens is 258 g/mol. The maximum absolute atomic E-state index is 9.71. The van der Waals surface area contributed by atoms with Crippen LogP contribution in [0.3, 0.4) is 0 Å². The number of anilines is 2. The molecule has 0 radical (unpaired) electrons. The van der Waals surface area contributed by atoms with Crippen molar-refractivity contribution < 1.29 is 9.84 Å². The fourth-order valence-corrected chi connectivity index (χ4v) is 1.59. The van der Waals surface area contributed by atoms with E-state index >= 15 is 0 Å². The van der Waals surface area contributed by atoms with E-state index in [1.807, 2.05) is 13.8 Å². The van der Waals surface area contributed by atoms with Crippen molar-refractivity contribution in [2.75, 3.05) is 30.3 Å². The minimum atomic E-state index is -0.403. The number of rotatable bonds is 10. The first kappa shape index (κ1) is 16.4. The number of nitrogens with one attached hydrogen (secondary N) is 2. The van der Waals surface area contributed by atoms with Crippen molar-refractivity contribution in [1.82, 2.24) is 15.0 Å². The number of aromatic nitrogens is 3. The van der Waals surface area contributed by atoms with Crippen LogP contribution in [0.1, 0.15) is 40.0 Å². The molecule has 7 nitrogen and oxygen atoms in total. The molecule has 1 atom stereocenters. The van der Waals surface area contributed by atoms with Crippen LogP contribution in [0.2, 0.25) is 0 Å². The third kappa shape index (κ3) is 6.01. The van der Waals surface area contributed by atoms with Gasteiger partial charge >= 0.3 is 6.01 Å². The van der Waals surface area contributed by atoms with E-state index in [1.165, 1.54) is 0 Å². The summed E-state index contributed by atoms with van der Waals surface area (Å²) in [4.78, 5) is 12.6. The first-order valence-corrected chi connectivity index (χ1v) is 7.24. The molecule has 1 aromatic rings. The normalized spacial score (nSPS) is 12.0. The number of hydrogen-bond donors (Lipinski definition) is 3. The minimum Gasteiger partial charge on any atom is -0.464 e. The van der Waals surface area contributed by atoms with Crippen LogP contribution >= 0.6 is 0 Å². The Morgan fingerprint density at radius 3 is 2.35 bits per heavy atom. The lowest BCUT2D eigenvalue weighted by Crippen LogP contribution is -2.21. The van der Waals surface area contributed by atoms with Gasteiger partial charge in [0.2, 0.25) is 11.9 Å². The largest absolute Gasteiger partial charge is 0.464 e. The topological polar surface area (TPSA) is 92.2 Å². The molecule has 0 bridgehead atoms. The standard InChI is InChI=1S/C13H25N5O2/c1-4-7-10(19)9-15-12-16-11(14-8-5-2)17-13(18-12)20-6-3/h10,19H,4-9H2,1-3H3,(H2,14,15,16,17,18). The molecule has 0 saturated carbocycles. The van der Waals surface area contributed by atoms with Crippen molar-refractivity contribution in [3.63, 3.8) is 0 Å². The molecule has 1 aromatic heterocycles. The van der Waals surface area contributed by atoms with Gasteiger partial charge in [-0.3, -0.25) is 0 Å². The van der Waals surface area contributed by atoms with Gasteiger partial charge in [0.15, 0.2) is 0 Å². The predicted molar refractivity (Wildman–Crippen MR) is 79.2 cm³/mol. The number of aliphatic hydroxyl groups excluding tert-OH is 1. The molecule has 0 aliphatic rings. The molecule has 0 aliphatic heterocycles. The average Bonchev–Trinajstić information content (AvgIpc) is 2.43. The summed E-state index contributed by atoms with van der Waals surface area (Å²) in [6, 6.07) is 0.286. The zero-order chi connectivity index (χ0) is 14.8. The Labute approximate surface area is 120 Å². The van der Waals surface area contributed by atoms with Gasteiger partial charge in [0.1, 0.15) is 0 Å². The van der Waals surface area contributed by atoms with Crippen LogP contribution in [-0.4, -0.2) is 45.9 Å². The minimum absolute atomic E-state index is 0.286. The molecule has 7 heteroatoms. The Balaban J connectivity index is 2.69. The van der Waals surface area contributed by atoms with Crippen LogP contribution in [0.15, 0.2) is 0 Å². The lowest BCUT2D eigenvalue weighted by atomic mass is 10.2. The summed E-state index contributed by atoms with van der Waals surface area (Å²) in [5.74, 6) is 0.898. The van der Waals surface area contributed by atoms with E-state index in [1.54, 1.807) is 0 Å². The Kier molecular flexibility index (Phi) is 7.64. The highest BCUT2D eigenvalue weighted by atomic mass is 16.5. The first-order valence-electron chi connectivity index (χ1n) is 7.24. The van der Waals surface area contributed by atoms with E-state index in [0.29, 0.717) is 25.0 Å². The van der Waals surface area contributed by atoms with Gasteiger partial charge in [-0.2, -0.15) is 15.0 Å². The third-order valence-electron chi connectivity index (χ3n) is 2.54. The quantitative estimate of drug-likeness (QED) is 0.601. The second-order valence-corrected chi connectivity index (χ2v) is 4.45. The van der Waals surface area contributed by atoms with Gasteiger partial charge in [-0.25, -0.2) is 0 Å². The van der Waals surface area contributed by atoms with E-state index in [-0.39, 0.29) is 6.01 Å². The zero-order valence-corrected chi connectivity index (χ0v) is 12.5. The van der Waals surface area contributed by atoms with Gasteiger partial charge in [0.05, 0.1) is 12.7 Å². The summed E-state index contributed by atoms with van der Waals surface area (Å²) in [6.07, 6.45) is 2.26. The summed E-state index contributed by atoms with van der Waals surface area (Å²) in [5, 5.41) is 15.8. The maximum atomic E-state index is 9.71. The molecule has 0 saturated heterocycles. The SMILES string of the molecule is CCCNc1nc(NCC(O)CCC)nc(OCC)n1. The predicted octanol–water partition coefficient (Wildman–Crippen LogP) is 1.67. The fourth-order valence-electron chi connectivity index (χ4n) is 1.59. The van der Waals surface area contributed by atoms with Gasteiger partial charge in [-0.1, -0.05) is 20.3 Å². The van der Waals surface area contributed by atoms with Crippen molar-refractivity contribution in [3.05, 3.63) is 0 Å². The highest BCUT2D eigenvalue weighted by molar-refractivity contribution is 5.35. The molecule has 20 heavy (non-hydrogen) atoms. The van der Waals surface area contributed by atoms with Crippen molar-refractivity contribution in [2.45, 2.75) is 46.1 Å². The van der Waals surface area contributed by atoms with Gasteiger partial charge in [-0.05, 0) is 19.8 Å². The summed E-state index contributed by atoms with van der Waals surface area (Å²) < 4.78 is 5.32. The van der Waals surface area contributed by atoms with Crippen LogP contribution in [0.5, 0.6) is 6.01 Å². The zero-order valence-electron chi connectivity index (χ0n) is 12.5. The second-order valence-electron chi connectivity index (χ2n) is 4.45. The molecule has 114 valence electrons. The molecular formula is C13H25N5O2. The molecule has 0 aromatic carbocycles. The van der Waals surface area contributed by atoms with Crippen LogP contribution in [-0.2, 0) is 0 Å². The molecule has 0 aliphatic carbocycles. The van der Waals surface area contributed by atoms with Gasteiger partial charge in [0, 0.05) is 13.1 Å². The van der Waals surface area contributed by atoms with E-state index in [2.05, 4.69) is 32.5 Å². The number of aliphatic hydroxyl groups is 1. The summed E-state index contributed by atoms with van der Waals surface area (Å²) in [7, 11) is 0. The summed E-state index contributed by atoms with van der Waals surface area (Å²) >= 11 is 0. The molecule has 1 unspecified atom stereocenters. The lowest BCUT2D eigenvalue weighted by molar-refractivity contribution is 0.176. The van der Waals surface area contributed by atoms with Crippen LogP contribution < -0.4 is 15.4 Å². The third-order valence-corrected chi connectivity index (χ3v) is 2.54. The molecule has 0 amide bonds. The molecule has 3 N–H and O–H groups in total. The van der Waals surface area contributed by atoms with Gasteiger partial charge in [-0.15, -0.1) is 0 Å². The van der Waals surface area contributed by atoms with Crippen molar-refractivity contribution >= 4 is 11.9 Å². The summed E-state index contributed by atoms with van der Waals surface area (Å²) in [6.45, 7) is 7.67. The molecule has 1 heterocycles. The molecule has 1 rings (SSSR count). The Morgan fingerprint density at radius 2 is 1.75 bits per heavy atom. The molecule has 0 fully saturated rings. The first-order chi connectivity index (χ1) is 9.69. The number of nitrogens with zero attached hydrogens (tertiary/aromatic N) is 3. The van der Waals surface area contributed by atoms with E-state index in [9.17, 15) is 5.11 Å². The van der Waals surface area contributed by atoms with Crippen molar-refractivity contribution in [2.24, 2.45) is 0 Å². The highest BCUT2D eigenvalue weighted by Gasteiger charge is 2.08. The highest BCUT2D eigenvalue weighted by Crippen LogP contribution is 2.11. The Bertz CT molecular complexity index is 389. The van der Waals surface area contributed by atoms with Gasteiger partial charge < -0.3 is 20.5 Å². The van der Waals surface area contributed by atoms with Crippen molar-refractivity contribution in [1.29, 1.82) is 0 Å². The van der Waals surface area contributed by atoms with Gasteiger partial charge in [0.25, 0.3) is 0 Å². The van der Waals surface area contributed by atoms with E-state index in [0.717, 1.165) is 25.8 Å². The Morgan fingerprint density at radius 1 is 1.05 bits per heavy atom. The van der Waals surface area contributed by atoms with E-state index < -0.39 is 6.10 Å². The Hall–Kier alpha value is -1.63. The number of hydrogen-bond acceptors (Lipinski definition) is 7. The van der Waals surface area contributed by atoms with Crippen LogP contribution in [0.4, 0.5) is 11.9 Å². The smallest absolute Gasteiger partial charge is 0.323 e. The maximum Gasteiger partial charge on any atom is 0.323 e. The monoisotopic (exact) mass is 283 g/mol. The van der Waals surface area contributed by atoms with Crippen LogP contribution in [0.25, 0.3) is 0 Å². The lowest BCUT2D eigenvalue weighted by Gasteiger charge is -2.12. The summed E-state index contributed by atoms with van der Waals surface area (Å²) in [5.41, 5.74) is 0. The second kappa shape index (κ2) is 9.30. The fraction of sp³-hybridized carbons (Fsp3) is 0.769. The average molecular weight is 283 g/mol. The van der Waals surface area contributed by atoms with Crippen LogP contribution in [0, 0.1) is 0 Å². The van der Waals surface area contributed by atoms with E-state index in [4.69, 9.17) is 4.74 Å². The number of ether oxygens (including phenoxy) is 1.